The summed E-state index contributed by atoms with van der Waals surface area (Å²) < 4.78 is 16.7. The molecule has 6 heteroatoms. The largest absolute Gasteiger partial charge is 0.462 e. The Balaban J connectivity index is 4.49. The second-order valence-electron chi connectivity index (χ2n) is 17.4. The molecule has 0 N–H and O–H groups in total. The Morgan fingerprint density at radius 3 is 1.09 bits per heavy atom. The second-order valence-corrected chi connectivity index (χ2v) is 17.4. The fourth-order valence-corrected chi connectivity index (χ4v) is 6.97. The Bertz CT molecular complexity index is 1370. The third-order valence-corrected chi connectivity index (χ3v) is 11.0. The van der Waals surface area contributed by atoms with Crippen molar-refractivity contribution in [1.29, 1.82) is 0 Å². The van der Waals surface area contributed by atoms with Gasteiger partial charge in [-0.2, -0.15) is 0 Å². The van der Waals surface area contributed by atoms with Crippen LogP contribution in [0.1, 0.15) is 233 Å². The number of rotatable bonds is 47. The van der Waals surface area contributed by atoms with Crippen LogP contribution in [0.15, 0.2) is 109 Å². The van der Waals surface area contributed by atoms with Crippen molar-refractivity contribution in [3.8, 4) is 0 Å². The molecule has 0 aliphatic heterocycles. The molecule has 0 aliphatic carbocycles. The topological polar surface area (TPSA) is 78.9 Å². The summed E-state index contributed by atoms with van der Waals surface area (Å²) in [5.41, 5.74) is 0. The molecular weight excluding hydrogens is 817 g/mol. The van der Waals surface area contributed by atoms with Crippen LogP contribution in [0.3, 0.4) is 0 Å². The van der Waals surface area contributed by atoms with Gasteiger partial charge in [0.05, 0.1) is 0 Å². The Hall–Kier alpha value is -3.93. The number of hydrogen-bond acceptors (Lipinski definition) is 6. The molecule has 0 fully saturated rings. The minimum absolute atomic E-state index is 0.115. The number of allylic oxidation sites excluding steroid dienone is 18. The maximum atomic E-state index is 12.8. The zero-order valence-corrected chi connectivity index (χ0v) is 42.7. The summed E-state index contributed by atoms with van der Waals surface area (Å²) >= 11 is 0. The highest BCUT2D eigenvalue weighted by Crippen LogP contribution is 2.14. The maximum absolute atomic E-state index is 12.8. The summed E-state index contributed by atoms with van der Waals surface area (Å²) in [5, 5.41) is 0. The lowest BCUT2D eigenvalue weighted by Gasteiger charge is -2.18. The molecule has 0 bridgehead atoms. The summed E-state index contributed by atoms with van der Waals surface area (Å²) in [4.78, 5) is 38.0. The number of carbonyl (C=O) groups excluding carboxylic acids is 3. The normalized spacial score (nSPS) is 13.0. The van der Waals surface area contributed by atoms with Gasteiger partial charge in [0, 0.05) is 19.3 Å². The summed E-state index contributed by atoms with van der Waals surface area (Å²) in [6.07, 6.45) is 72.3. The molecule has 6 nitrogen and oxygen atoms in total. The zero-order valence-electron chi connectivity index (χ0n) is 42.7. The molecule has 0 aromatic rings. The van der Waals surface area contributed by atoms with Crippen molar-refractivity contribution in [1.82, 2.24) is 0 Å². The Kier molecular flexibility index (Phi) is 50.5. The van der Waals surface area contributed by atoms with Crippen molar-refractivity contribution < 1.29 is 28.6 Å². The Morgan fingerprint density at radius 2 is 0.652 bits per heavy atom. The van der Waals surface area contributed by atoms with E-state index in [0.717, 1.165) is 77.0 Å². The summed E-state index contributed by atoms with van der Waals surface area (Å²) in [6.45, 7) is 6.37. The Labute approximate surface area is 406 Å². The van der Waals surface area contributed by atoms with Crippen molar-refractivity contribution in [2.24, 2.45) is 0 Å². The first-order chi connectivity index (χ1) is 32.5. The van der Waals surface area contributed by atoms with Crippen LogP contribution in [0.2, 0.25) is 0 Å². The number of ether oxygens (including phenoxy) is 3. The van der Waals surface area contributed by atoms with Gasteiger partial charge in [-0.1, -0.05) is 207 Å². The standard InChI is InChI=1S/C60H98O6/c1-4-7-10-13-16-19-22-25-27-29-30-32-33-35-38-41-44-47-50-53-59(62)65-56-57(55-64-58(61)52-49-46-43-40-37-24-21-18-15-12-9-6-3)66-60(63)54-51-48-45-42-39-36-34-31-28-26-23-20-17-14-11-8-5-2/h9,12,16-22,25-26,28,34,36-37,40,42,45,57H,4-8,10-11,13-15,23-24,27,29-33,35,38-39,41,43-44,46-56H2,1-3H3/b12-9-,19-16-,20-17-,21-18-,25-22-,28-26-,36-34-,40-37-,45-42-. The van der Waals surface area contributed by atoms with Gasteiger partial charge in [-0.3, -0.25) is 14.4 Å². The maximum Gasteiger partial charge on any atom is 0.306 e. The molecule has 66 heavy (non-hydrogen) atoms. The molecular formula is C60H98O6. The first-order valence-corrected chi connectivity index (χ1v) is 26.9. The van der Waals surface area contributed by atoms with Crippen LogP contribution < -0.4 is 0 Å². The monoisotopic (exact) mass is 915 g/mol. The first-order valence-electron chi connectivity index (χ1n) is 26.9. The predicted octanol–water partition coefficient (Wildman–Crippen LogP) is 17.9. The average Bonchev–Trinajstić information content (AvgIpc) is 3.31. The summed E-state index contributed by atoms with van der Waals surface area (Å²) in [6, 6.07) is 0. The van der Waals surface area contributed by atoms with Gasteiger partial charge in [-0.25, -0.2) is 0 Å². The third kappa shape index (κ3) is 51.1. The van der Waals surface area contributed by atoms with E-state index < -0.39 is 6.10 Å². The predicted molar refractivity (Wildman–Crippen MR) is 283 cm³/mol. The molecule has 0 saturated heterocycles. The van der Waals surface area contributed by atoms with Crippen LogP contribution in [0.4, 0.5) is 0 Å². The highest BCUT2D eigenvalue weighted by Gasteiger charge is 2.19. The average molecular weight is 915 g/mol. The van der Waals surface area contributed by atoms with Gasteiger partial charge in [0.15, 0.2) is 6.10 Å². The van der Waals surface area contributed by atoms with E-state index in [9.17, 15) is 14.4 Å². The van der Waals surface area contributed by atoms with Crippen molar-refractivity contribution in [2.75, 3.05) is 13.2 Å². The number of esters is 3. The molecule has 0 aromatic heterocycles. The molecule has 0 saturated carbocycles. The molecule has 0 heterocycles. The summed E-state index contributed by atoms with van der Waals surface area (Å²) in [7, 11) is 0. The molecule has 0 spiro atoms. The first kappa shape index (κ1) is 62.1. The zero-order chi connectivity index (χ0) is 47.9. The van der Waals surface area contributed by atoms with E-state index in [1.807, 2.05) is 0 Å². The lowest BCUT2D eigenvalue weighted by atomic mass is 10.1. The molecule has 0 rings (SSSR count). The van der Waals surface area contributed by atoms with Crippen molar-refractivity contribution >= 4 is 17.9 Å². The van der Waals surface area contributed by atoms with Crippen LogP contribution in [0, 0.1) is 0 Å². The van der Waals surface area contributed by atoms with Crippen LogP contribution >= 0.6 is 0 Å². The molecule has 0 aromatic carbocycles. The van der Waals surface area contributed by atoms with Gasteiger partial charge in [0.2, 0.25) is 0 Å². The molecule has 0 amide bonds. The van der Waals surface area contributed by atoms with E-state index in [4.69, 9.17) is 14.2 Å². The van der Waals surface area contributed by atoms with Crippen molar-refractivity contribution in [3.63, 3.8) is 0 Å². The summed E-state index contributed by atoms with van der Waals surface area (Å²) in [5.74, 6) is -1.02. The molecule has 1 atom stereocenters. The number of carbonyl (C=O) groups is 3. The molecule has 0 radical (unpaired) electrons. The van der Waals surface area contributed by atoms with Gasteiger partial charge >= 0.3 is 17.9 Å². The van der Waals surface area contributed by atoms with E-state index >= 15 is 0 Å². The van der Waals surface area contributed by atoms with Crippen LogP contribution in [0.5, 0.6) is 0 Å². The second kappa shape index (κ2) is 53.7. The minimum atomic E-state index is -0.825. The molecule has 1 unspecified atom stereocenters. The highest BCUT2D eigenvalue weighted by atomic mass is 16.6. The lowest BCUT2D eigenvalue weighted by molar-refractivity contribution is -0.167. The van der Waals surface area contributed by atoms with Gasteiger partial charge in [0.1, 0.15) is 13.2 Å². The molecule has 374 valence electrons. The molecule has 0 aliphatic rings. The number of hydrogen-bond donors (Lipinski definition) is 0. The fraction of sp³-hybridized carbons (Fsp3) is 0.650. The van der Waals surface area contributed by atoms with Crippen molar-refractivity contribution in [3.05, 3.63) is 109 Å². The fourth-order valence-electron chi connectivity index (χ4n) is 6.97. The Morgan fingerprint density at radius 1 is 0.333 bits per heavy atom. The van der Waals surface area contributed by atoms with E-state index in [-0.39, 0.29) is 37.5 Å². The van der Waals surface area contributed by atoms with E-state index in [0.29, 0.717) is 25.7 Å². The van der Waals surface area contributed by atoms with Crippen LogP contribution in [-0.2, 0) is 28.6 Å². The lowest BCUT2D eigenvalue weighted by Crippen LogP contribution is -2.30. The number of unbranched alkanes of at least 4 members (excludes halogenated alkanes) is 19. The quantitative estimate of drug-likeness (QED) is 0.0199. The van der Waals surface area contributed by atoms with Crippen LogP contribution in [-0.4, -0.2) is 37.2 Å². The van der Waals surface area contributed by atoms with E-state index in [1.54, 1.807) is 0 Å². The third-order valence-electron chi connectivity index (χ3n) is 11.0. The van der Waals surface area contributed by atoms with Gasteiger partial charge in [-0.05, 0) is 116 Å². The highest BCUT2D eigenvalue weighted by molar-refractivity contribution is 5.71. The van der Waals surface area contributed by atoms with Gasteiger partial charge < -0.3 is 14.2 Å². The van der Waals surface area contributed by atoms with Crippen molar-refractivity contribution in [2.45, 2.75) is 239 Å². The minimum Gasteiger partial charge on any atom is -0.462 e. The SMILES string of the molecule is CC/C=C\C/C=C\C/C=C\CCCCC(=O)OCC(COC(=O)CCCCCCCCCCCC/C=C\C=C/CCCCC)OC(=O)CCC/C=C\C/C=C\C/C=C\C/C=C\CCCCC. The van der Waals surface area contributed by atoms with E-state index in [1.165, 1.54) is 103 Å². The van der Waals surface area contributed by atoms with Gasteiger partial charge in [-0.15, -0.1) is 0 Å². The van der Waals surface area contributed by atoms with E-state index in [2.05, 4.69) is 130 Å². The van der Waals surface area contributed by atoms with Crippen LogP contribution in [0.25, 0.3) is 0 Å². The smallest absolute Gasteiger partial charge is 0.306 e. The van der Waals surface area contributed by atoms with Gasteiger partial charge in [0.25, 0.3) is 0 Å².